The number of piperidine rings is 1. The molecule has 0 spiro atoms. The van der Waals surface area contributed by atoms with E-state index in [0.29, 0.717) is 24.6 Å². The molecule has 1 aromatic heterocycles. The van der Waals surface area contributed by atoms with Crippen LogP contribution in [0.4, 0.5) is 6.01 Å². The van der Waals surface area contributed by atoms with Gasteiger partial charge in [0.1, 0.15) is 0 Å². The summed E-state index contributed by atoms with van der Waals surface area (Å²) in [7, 11) is -6.93. The van der Waals surface area contributed by atoms with Crippen LogP contribution in [0.1, 0.15) is 30.1 Å². The average Bonchev–Trinajstić information content (AvgIpc) is 3.27. The van der Waals surface area contributed by atoms with Gasteiger partial charge in [0.25, 0.3) is 5.91 Å². The zero-order valence-corrected chi connectivity index (χ0v) is 20.3. The van der Waals surface area contributed by atoms with E-state index in [1.54, 1.807) is 0 Å². The average molecular weight is 505 g/mol. The number of carbonyl (C=O) groups excluding carboxylic acids is 1. The molecule has 0 aliphatic carbocycles. The molecule has 10 nitrogen and oxygen atoms in total. The standard InChI is InChI=1S/C22H24N4O6S2/c1-15-11-13-26(14-12-15)34(30,31)19-9-3-16(4-10-19)20(27)23-22-25-24-21(32-22)17-5-7-18(8-6-17)33(2,28)29/h3-10,15H,11-14H2,1-2H3,(H,23,25,27). The van der Waals surface area contributed by atoms with Crippen LogP contribution in [0.5, 0.6) is 0 Å². The lowest BCUT2D eigenvalue weighted by Crippen LogP contribution is -2.37. The Hall–Kier alpha value is -3.09. The van der Waals surface area contributed by atoms with Crippen LogP contribution in [0.3, 0.4) is 0 Å². The number of hydrogen-bond acceptors (Lipinski definition) is 8. The smallest absolute Gasteiger partial charge is 0.322 e. The fourth-order valence-corrected chi connectivity index (χ4v) is 5.66. The van der Waals surface area contributed by atoms with Gasteiger partial charge in [0.2, 0.25) is 15.9 Å². The predicted octanol–water partition coefficient (Wildman–Crippen LogP) is 2.81. The summed E-state index contributed by atoms with van der Waals surface area (Å²) in [6.07, 6.45) is 2.76. The van der Waals surface area contributed by atoms with E-state index in [4.69, 9.17) is 4.42 Å². The number of sulfonamides is 1. The number of amides is 1. The third-order valence-corrected chi connectivity index (χ3v) is 8.71. The van der Waals surface area contributed by atoms with Crippen LogP contribution in [0, 0.1) is 5.92 Å². The maximum Gasteiger partial charge on any atom is 0.322 e. The Morgan fingerprint density at radius 3 is 2.12 bits per heavy atom. The molecule has 3 aromatic rings. The van der Waals surface area contributed by atoms with Crippen LogP contribution in [0.15, 0.2) is 62.7 Å². The van der Waals surface area contributed by atoms with Crippen LogP contribution < -0.4 is 5.32 Å². The van der Waals surface area contributed by atoms with Gasteiger partial charge in [0.05, 0.1) is 9.79 Å². The highest BCUT2D eigenvalue weighted by Crippen LogP contribution is 2.25. The molecule has 1 N–H and O–H groups in total. The topological polar surface area (TPSA) is 140 Å². The Balaban J connectivity index is 1.43. The molecule has 1 fully saturated rings. The van der Waals surface area contributed by atoms with Crippen molar-refractivity contribution in [2.24, 2.45) is 5.92 Å². The minimum absolute atomic E-state index is 0.104. The van der Waals surface area contributed by atoms with Gasteiger partial charge in [0, 0.05) is 30.5 Å². The number of nitrogens with zero attached hydrogens (tertiary/aromatic N) is 3. The van der Waals surface area contributed by atoms with Crippen molar-refractivity contribution in [2.45, 2.75) is 29.6 Å². The SMILES string of the molecule is CC1CCN(S(=O)(=O)c2ccc(C(=O)Nc3nnc(-c4ccc(S(C)(=O)=O)cc4)o3)cc2)CC1. The van der Waals surface area contributed by atoms with E-state index in [1.165, 1.54) is 52.8 Å². The van der Waals surface area contributed by atoms with Crippen LogP contribution in [0.2, 0.25) is 0 Å². The first-order chi connectivity index (χ1) is 16.0. The second-order valence-electron chi connectivity index (χ2n) is 8.27. The summed E-state index contributed by atoms with van der Waals surface area (Å²) in [5.74, 6) is 0.0700. The number of hydrogen-bond donors (Lipinski definition) is 1. The summed E-state index contributed by atoms with van der Waals surface area (Å²) < 4.78 is 55.7. The molecule has 180 valence electrons. The number of sulfone groups is 1. The first-order valence-corrected chi connectivity index (χ1v) is 13.9. The molecule has 2 heterocycles. The zero-order chi connectivity index (χ0) is 24.5. The Labute approximate surface area is 198 Å². The first-order valence-electron chi connectivity index (χ1n) is 10.6. The van der Waals surface area contributed by atoms with Gasteiger partial charge in [-0.25, -0.2) is 16.8 Å². The number of aromatic nitrogens is 2. The van der Waals surface area contributed by atoms with E-state index in [-0.39, 0.29) is 27.3 Å². The van der Waals surface area contributed by atoms with Crippen LogP contribution >= 0.6 is 0 Å². The molecule has 0 atom stereocenters. The van der Waals surface area contributed by atoms with E-state index in [0.717, 1.165) is 19.1 Å². The molecule has 4 rings (SSSR count). The highest BCUT2D eigenvalue weighted by molar-refractivity contribution is 7.90. The lowest BCUT2D eigenvalue weighted by molar-refractivity contribution is 0.102. The van der Waals surface area contributed by atoms with Crippen molar-refractivity contribution < 1.29 is 26.0 Å². The van der Waals surface area contributed by atoms with Gasteiger partial charge in [-0.15, -0.1) is 5.10 Å². The predicted molar refractivity (Wildman–Crippen MR) is 124 cm³/mol. The van der Waals surface area contributed by atoms with Crippen LogP contribution in [-0.2, 0) is 19.9 Å². The van der Waals surface area contributed by atoms with Gasteiger partial charge < -0.3 is 4.42 Å². The molecule has 0 radical (unpaired) electrons. The van der Waals surface area contributed by atoms with Gasteiger partial charge in [-0.2, -0.15) is 4.31 Å². The Morgan fingerprint density at radius 1 is 0.941 bits per heavy atom. The van der Waals surface area contributed by atoms with Crippen molar-refractivity contribution in [3.8, 4) is 11.5 Å². The molecule has 1 saturated heterocycles. The number of anilines is 1. The van der Waals surface area contributed by atoms with Crippen LogP contribution in [0.25, 0.3) is 11.5 Å². The molecule has 12 heteroatoms. The number of carbonyl (C=O) groups is 1. The van der Waals surface area contributed by atoms with E-state index in [1.807, 2.05) is 0 Å². The van der Waals surface area contributed by atoms with Gasteiger partial charge in [0.15, 0.2) is 9.84 Å². The minimum Gasteiger partial charge on any atom is -0.403 e. The van der Waals surface area contributed by atoms with Crippen molar-refractivity contribution in [3.05, 3.63) is 54.1 Å². The Kier molecular flexibility index (Phi) is 6.56. The lowest BCUT2D eigenvalue weighted by Gasteiger charge is -2.29. The van der Waals surface area contributed by atoms with E-state index in [9.17, 15) is 21.6 Å². The van der Waals surface area contributed by atoms with E-state index < -0.39 is 25.8 Å². The summed E-state index contributed by atoms with van der Waals surface area (Å²) in [5.41, 5.74) is 0.713. The maximum atomic E-state index is 12.8. The number of benzene rings is 2. The monoisotopic (exact) mass is 504 g/mol. The second-order valence-corrected chi connectivity index (χ2v) is 12.2. The summed E-state index contributed by atoms with van der Waals surface area (Å²) in [5, 5.41) is 10.1. The number of rotatable bonds is 6. The van der Waals surface area contributed by atoms with Gasteiger partial charge in [-0.05, 0) is 67.3 Å². The molecule has 0 saturated carbocycles. The molecule has 34 heavy (non-hydrogen) atoms. The zero-order valence-electron chi connectivity index (χ0n) is 18.6. The Morgan fingerprint density at radius 2 is 1.53 bits per heavy atom. The third-order valence-electron chi connectivity index (χ3n) is 5.67. The quantitative estimate of drug-likeness (QED) is 0.540. The van der Waals surface area contributed by atoms with Crippen molar-refractivity contribution in [1.82, 2.24) is 14.5 Å². The summed E-state index contributed by atoms with van der Waals surface area (Å²) in [4.78, 5) is 12.8. The normalized spacial score (nSPS) is 15.8. The molecule has 0 unspecified atom stereocenters. The fraction of sp³-hybridized carbons (Fsp3) is 0.318. The van der Waals surface area contributed by atoms with Gasteiger partial charge in [-0.1, -0.05) is 12.0 Å². The van der Waals surface area contributed by atoms with Gasteiger partial charge >= 0.3 is 6.01 Å². The molecule has 1 aliphatic heterocycles. The molecule has 1 aliphatic rings. The van der Waals surface area contributed by atoms with Crippen molar-refractivity contribution in [1.29, 1.82) is 0 Å². The van der Waals surface area contributed by atoms with E-state index in [2.05, 4.69) is 22.4 Å². The summed E-state index contributed by atoms with van der Waals surface area (Å²) >= 11 is 0. The van der Waals surface area contributed by atoms with Crippen molar-refractivity contribution >= 4 is 31.8 Å². The lowest BCUT2D eigenvalue weighted by atomic mass is 10.0. The highest BCUT2D eigenvalue weighted by atomic mass is 32.2. The van der Waals surface area contributed by atoms with Crippen molar-refractivity contribution in [2.75, 3.05) is 24.7 Å². The molecule has 0 bridgehead atoms. The molecular weight excluding hydrogens is 480 g/mol. The molecule has 1 amide bonds. The molecular formula is C22H24N4O6S2. The third kappa shape index (κ3) is 5.18. The highest BCUT2D eigenvalue weighted by Gasteiger charge is 2.28. The van der Waals surface area contributed by atoms with E-state index >= 15 is 0 Å². The first kappa shape index (κ1) is 24.0. The fourth-order valence-electron chi connectivity index (χ4n) is 3.56. The van der Waals surface area contributed by atoms with Gasteiger partial charge in [-0.3, -0.25) is 10.1 Å². The number of nitrogens with one attached hydrogen (secondary N) is 1. The Bertz CT molecular complexity index is 1390. The minimum atomic E-state index is -3.60. The maximum absolute atomic E-state index is 12.8. The molecule has 2 aromatic carbocycles. The summed E-state index contributed by atoms with van der Waals surface area (Å²) in [6, 6.07) is 11.4. The summed E-state index contributed by atoms with van der Waals surface area (Å²) in [6.45, 7) is 3.09. The van der Waals surface area contributed by atoms with Crippen molar-refractivity contribution in [3.63, 3.8) is 0 Å². The largest absolute Gasteiger partial charge is 0.403 e. The second kappa shape index (κ2) is 9.28. The van der Waals surface area contributed by atoms with Crippen LogP contribution in [-0.4, -0.2) is 56.6 Å².